The van der Waals surface area contributed by atoms with E-state index in [9.17, 15) is 4.79 Å². The highest BCUT2D eigenvalue weighted by Gasteiger charge is 2.08. The van der Waals surface area contributed by atoms with Gasteiger partial charge in [-0.1, -0.05) is 31.5 Å². The van der Waals surface area contributed by atoms with Crippen molar-refractivity contribution in [2.24, 2.45) is 0 Å². The van der Waals surface area contributed by atoms with Crippen LogP contribution in [0.5, 0.6) is 0 Å². The van der Waals surface area contributed by atoms with Crippen molar-refractivity contribution >= 4 is 16.8 Å². The fraction of sp³-hybridized carbons (Fsp3) is 0.438. The van der Waals surface area contributed by atoms with Gasteiger partial charge in [0, 0.05) is 30.7 Å². The Kier molecular flexibility index (Phi) is 5.62. The van der Waals surface area contributed by atoms with E-state index in [0.717, 1.165) is 36.8 Å². The molecule has 0 radical (unpaired) electrons. The second-order valence-electron chi connectivity index (χ2n) is 4.85. The van der Waals surface area contributed by atoms with Gasteiger partial charge in [-0.2, -0.15) is 0 Å². The number of amides is 1. The average Bonchev–Trinajstić information content (AvgIpc) is 2.90. The summed E-state index contributed by atoms with van der Waals surface area (Å²) < 4.78 is 5.45. The Hall–Kier alpha value is -1.81. The third-order valence-electron chi connectivity index (χ3n) is 3.17. The van der Waals surface area contributed by atoms with Gasteiger partial charge in [0.05, 0.1) is 0 Å². The molecule has 1 amide bonds. The van der Waals surface area contributed by atoms with Gasteiger partial charge in [-0.3, -0.25) is 4.79 Å². The number of aromatic nitrogens is 1. The van der Waals surface area contributed by atoms with Gasteiger partial charge in [0.25, 0.3) is 5.91 Å². The van der Waals surface area contributed by atoms with Crippen molar-refractivity contribution in [1.29, 1.82) is 0 Å². The zero-order valence-electron chi connectivity index (χ0n) is 11.9. The van der Waals surface area contributed by atoms with Crippen molar-refractivity contribution in [1.82, 2.24) is 10.3 Å². The predicted molar refractivity (Wildman–Crippen MR) is 81.0 cm³/mol. The lowest BCUT2D eigenvalue weighted by molar-refractivity contribution is 0.0936. The third kappa shape index (κ3) is 4.10. The summed E-state index contributed by atoms with van der Waals surface area (Å²) in [5.41, 5.74) is 1.60. The number of carbonyl (C=O) groups excluding carboxylic acids is 1. The Morgan fingerprint density at radius 1 is 1.25 bits per heavy atom. The zero-order valence-corrected chi connectivity index (χ0v) is 11.9. The van der Waals surface area contributed by atoms with Crippen LogP contribution in [0, 0.1) is 0 Å². The molecule has 0 saturated heterocycles. The molecule has 4 heteroatoms. The number of hydrogen-bond donors (Lipinski definition) is 2. The molecule has 0 bridgehead atoms. The maximum atomic E-state index is 12.0. The van der Waals surface area contributed by atoms with E-state index in [2.05, 4.69) is 17.2 Å². The quantitative estimate of drug-likeness (QED) is 0.727. The van der Waals surface area contributed by atoms with Gasteiger partial charge in [-0.25, -0.2) is 0 Å². The standard InChI is InChI=1S/C16H22N2O2/c1-2-3-10-20-11-6-9-17-16(19)15-12-13-7-4-5-8-14(13)18-15/h4-5,7-8,12,18H,2-3,6,9-11H2,1H3,(H,17,19). The number of carbonyl (C=O) groups is 1. The Labute approximate surface area is 119 Å². The molecule has 0 aliphatic heterocycles. The number of benzene rings is 1. The largest absolute Gasteiger partial charge is 0.381 e. The Bertz CT molecular complexity index is 515. The second kappa shape index (κ2) is 7.70. The van der Waals surface area contributed by atoms with Gasteiger partial charge in [0.2, 0.25) is 0 Å². The van der Waals surface area contributed by atoms with Gasteiger partial charge in [0.1, 0.15) is 5.69 Å². The molecule has 0 aliphatic rings. The maximum absolute atomic E-state index is 12.0. The molecule has 0 spiro atoms. The van der Waals surface area contributed by atoms with Crippen molar-refractivity contribution in [2.75, 3.05) is 19.8 Å². The van der Waals surface area contributed by atoms with Crippen molar-refractivity contribution in [3.63, 3.8) is 0 Å². The first-order chi connectivity index (χ1) is 9.81. The SMILES string of the molecule is CCCCOCCCNC(=O)c1cc2ccccc2[nH]1. The molecule has 1 heterocycles. The van der Waals surface area contributed by atoms with Crippen molar-refractivity contribution in [3.05, 3.63) is 36.0 Å². The van der Waals surface area contributed by atoms with E-state index < -0.39 is 0 Å². The molecule has 0 saturated carbocycles. The summed E-state index contributed by atoms with van der Waals surface area (Å²) in [5.74, 6) is -0.0604. The summed E-state index contributed by atoms with van der Waals surface area (Å²) in [6.45, 7) is 4.30. The highest BCUT2D eigenvalue weighted by molar-refractivity contribution is 5.97. The highest BCUT2D eigenvalue weighted by atomic mass is 16.5. The van der Waals surface area contributed by atoms with Crippen LogP contribution in [-0.2, 0) is 4.74 Å². The van der Waals surface area contributed by atoms with Crippen LogP contribution in [-0.4, -0.2) is 30.6 Å². The van der Waals surface area contributed by atoms with Crippen molar-refractivity contribution < 1.29 is 9.53 Å². The lowest BCUT2D eigenvalue weighted by Gasteiger charge is -2.04. The fourth-order valence-electron chi connectivity index (χ4n) is 2.02. The van der Waals surface area contributed by atoms with Crippen LogP contribution in [0.1, 0.15) is 36.7 Å². The minimum Gasteiger partial charge on any atom is -0.381 e. The van der Waals surface area contributed by atoms with Crippen LogP contribution in [0.2, 0.25) is 0 Å². The van der Waals surface area contributed by atoms with Crippen LogP contribution < -0.4 is 5.32 Å². The molecule has 0 fully saturated rings. The molecular formula is C16H22N2O2. The lowest BCUT2D eigenvalue weighted by atomic mass is 10.2. The monoisotopic (exact) mass is 274 g/mol. The molecule has 4 nitrogen and oxygen atoms in total. The van der Waals surface area contributed by atoms with E-state index in [4.69, 9.17) is 4.74 Å². The summed E-state index contributed by atoms with van der Waals surface area (Å²) in [6, 6.07) is 9.75. The second-order valence-corrected chi connectivity index (χ2v) is 4.85. The van der Waals surface area contributed by atoms with Gasteiger partial charge < -0.3 is 15.0 Å². The van der Waals surface area contributed by atoms with Gasteiger partial charge in [-0.05, 0) is 25.0 Å². The van der Waals surface area contributed by atoms with E-state index >= 15 is 0 Å². The number of ether oxygens (including phenoxy) is 1. The Balaban J connectivity index is 1.72. The van der Waals surface area contributed by atoms with E-state index in [1.807, 2.05) is 30.3 Å². The normalized spacial score (nSPS) is 10.8. The van der Waals surface area contributed by atoms with Crippen LogP contribution in [0.4, 0.5) is 0 Å². The van der Waals surface area contributed by atoms with E-state index in [1.165, 1.54) is 0 Å². The van der Waals surface area contributed by atoms with E-state index in [1.54, 1.807) is 0 Å². The average molecular weight is 274 g/mol. The highest BCUT2D eigenvalue weighted by Crippen LogP contribution is 2.14. The van der Waals surface area contributed by atoms with Crippen LogP contribution >= 0.6 is 0 Å². The van der Waals surface area contributed by atoms with Crippen LogP contribution in [0.3, 0.4) is 0 Å². The van der Waals surface area contributed by atoms with Gasteiger partial charge >= 0.3 is 0 Å². The summed E-state index contributed by atoms with van der Waals surface area (Å²) in [4.78, 5) is 15.1. The molecule has 108 valence electrons. The first kappa shape index (κ1) is 14.6. The minimum atomic E-state index is -0.0604. The number of para-hydroxylation sites is 1. The molecular weight excluding hydrogens is 252 g/mol. The first-order valence-electron chi connectivity index (χ1n) is 7.25. The summed E-state index contributed by atoms with van der Waals surface area (Å²) in [5, 5.41) is 3.96. The smallest absolute Gasteiger partial charge is 0.267 e. The van der Waals surface area contributed by atoms with Gasteiger partial charge in [0.15, 0.2) is 0 Å². The molecule has 1 aromatic heterocycles. The number of nitrogens with one attached hydrogen (secondary N) is 2. The molecule has 2 N–H and O–H groups in total. The number of fused-ring (bicyclic) bond motifs is 1. The first-order valence-corrected chi connectivity index (χ1v) is 7.25. The molecule has 2 rings (SSSR count). The summed E-state index contributed by atoms with van der Waals surface area (Å²) in [7, 11) is 0. The topological polar surface area (TPSA) is 54.1 Å². The molecule has 20 heavy (non-hydrogen) atoms. The number of rotatable bonds is 8. The van der Waals surface area contributed by atoms with Crippen LogP contribution in [0.15, 0.2) is 30.3 Å². The maximum Gasteiger partial charge on any atom is 0.267 e. The number of H-pyrrole nitrogens is 1. The molecule has 1 aromatic carbocycles. The van der Waals surface area contributed by atoms with Crippen molar-refractivity contribution in [2.45, 2.75) is 26.2 Å². The third-order valence-corrected chi connectivity index (χ3v) is 3.17. The minimum absolute atomic E-state index is 0.0604. The van der Waals surface area contributed by atoms with Crippen molar-refractivity contribution in [3.8, 4) is 0 Å². The van der Waals surface area contributed by atoms with E-state index in [-0.39, 0.29) is 5.91 Å². The fourth-order valence-corrected chi connectivity index (χ4v) is 2.02. The molecule has 0 atom stereocenters. The lowest BCUT2D eigenvalue weighted by Crippen LogP contribution is -2.25. The predicted octanol–water partition coefficient (Wildman–Crippen LogP) is 3.10. The number of hydrogen-bond acceptors (Lipinski definition) is 2. The summed E-state index contributed by atoms with van der Waals surface area (Å²) in [6.07, 6.45) is 3.09. The molecule has 2 aromatic rings. The zero-order chi connectivity index (χ0) is 14.2. The Morgan fingerprint density at radius 2 is 2.05 bits per heavy atom. The number of aromatic amines is 1. The van der Waals surface area contributed by atoms with Crippen LogP contribution in [0.25, 0.3) is 10.9 Å². The van der Waals surface area contributed by atoms with E-state index in [0.29, 0.717) is 18.8 Å². The van der Waals surface area contributed by atoms with Gasteiger partial charge in [-0.15, -0.1) is 0 Å². The number of unbranched alkanes of at least 4 members (excludes halogenated alkanes) is 1. The Morgan fingerprint density at radius 3 is 2.85 bits per heavy atom. The molecule has 0 aliphatic carbocycles. The summed E-state index contributed by atoms with van der Waals surface area (Å²) >= 11 is 0. The molecule has 0 unspecified atom stereocenters.